The van der Waals surface area contributed by atoms with Crippen LogP contribution in [0.25, 0.3) is 0 Å². The van der Waals surface area contributed by atoms with E-state index in [0.717, 1.165) is 18.0 Å². The van der Waals surface area contributed by atoms with E-state index >= 15 is 0 Å². The van der Waals surface area contributed by atoms with Crippen molar-refractivity contribution in [2.45, 2.75) is 26.3 Å². The molecule has 1 aromatic rings. The lowest BCUT2D eigenvalue weighted by atomic mass is 10.2. The van der Waals surface area contributed by atoms with E-state index in [0.29, 0.717) is 12.5 Å². The van der Waals surface area contributed by atoms with E-state index in [-0.39, 0.29) is 6.03 Å². The van der Waals surface area contributed by atoms with E-state index in [9.17, 15) is 4.79 Å². The van der Waals surface area contributed by atoms with Crippen LogP contribution in [0.4, 0.5) is 4.79 Å². The molecule has 2 atom stereocenters. The number of carbonyl (C=O) groups excluding carboxylic acids is 1. The molecule has 2 rings (SSSR count). The molecule has 3 nitrogen and oxygen atoms in total. The molecule has 0 spiro atoms. The van der Waals surface area contributed by atoms with E-state index in [1.165, 1.54) is 12.8 Å². The van der Waals surface area contributed by atoms with Crippen LogP contribution in [0.2, 0.25) is 0 Å². The summed E-state index contributed by atoms with van der Waals surface area (Å²) in [5.74, 6) is 1.55. The van der Waals surface area contributed by atoms with Gasteiger partial charge in [0, 0.05) is 13.1 Å². The second-order valence-corrected chi connectivity index (χ2v) is 4.71. The lowest BCUT2D eigenvalue weighted by molar-refractivity contribution is 0.240. The summed E-state index contributed by atoms with van der Waals surface area (Å²) in [4.78, 5) is 11.5. The fourth-order valence-corrected chi connectivity index (χ4v) is 2.12. The van der Waals surface area contributed by atoms with Gasteiger partial charge in [0.05, 0.1) is 0 Å². The van der Waals surface area contributed by atoms with Crippen molar-refractivity contribution in [2.24, 2.45) is 11.8 Å². The van der Waals surface area contributed by atoms with Crippen LogP contribution in [0.1, 0.15) is 25.3 Å². The molecule has 1 saturated carbocycles. The van der Waals surface area contributed by atoms with E-state index in [4.69, 9.17) is 0 Å². The summed E-state index contributed by atoms with van der Waals surface area (Å²) in [6.45, 7) is 3.62. The first-order valence-corrected chi connectivity index (χ1v) is 6.35. The Balaban J connectivity index is 1.61. The lowest BCUT2D eigenvalue weighted by Crippen LogP contribution is -2.36. The zero-order valence-corrected chi connectivity index (χ0v) is 10.3. The molecule has 0 aromatic heterocycles. The van der Waals surface area contributed by atoms with Crippen LogP contribution >= 0.6 is 0 Å². The van der Waals surface area contributed by atoms with Gasteiger partial charge < -0.3 is 10.6 Å². The minimum atomic E-state index is -0.0596. The smallest absolute Gasteiger partial charge is 0.315 e. The maximum absolute atomic E-state index is 11.5. The third kappa shape index (κ3) is 3.77. The summed E-state index contributed by atoms with van der Waals surface area (Å²) in [7, 11) is 0. The van der Waals surface area contributed by atoms with Crippen molar-refractivity contribution in [3.63, 3.8) is 0 Å². The first-order chi connectivity index (χ1) is 8.29. The van der Waals surface area contributed by atoms with Crippen molar-refractivity contribution in [3.8, 4) is 0 Å². The lowest BCUT2D eigenvalue weighted by Gasteiger charge is -2.07. The molecule has 0 unspecified atom stereocenters. The number of rotatable bonds is 5. The van der Waals surface area contributed by atoms with Gasteiger partial charge in [0.15, 0.2) is 0 Å². The molecular weight excluding hydrogens is 212 g/mol. The third-order valence-corrected chi connectivity index (χ3v) is 3.41. The van der Waals surface area contributed by atoms with E-state index in [1.807, 2.05) is 30.3 Å². The Morgan fingerprint density at radius 3 is 2.65 bits per heavy atom. The number of benzene rings is 1. The Morgan fingerprint density at radius 2 is 2.00 bits per heavy atom. The standard InChI is InChI=1S/C14H20N2O/c1-2-12-8-13(12)10-16-14(17)15-9-11-6-4-3-5-7-11/h3-7,12-13H,2,8-10H2,1H3,(H2,15,16,17)/t12-,13+/m1/s1. The van der Waals surface area contributed by atoms with Crippen LogP contribution in [-0.2, 0) is 6.54 Å². The van der Waals surface area contributed by atoms with Gasteiger partial charge in [0.2, 0.25) is 0 Å². The highest BCUT2D eigenvalue weighted by Gasteiger charge is 2.34. The van der Waals surface area contributed by atoms with Gasteiger partial charge in [0.1, 0.15) is 0 Å². The van der Waals surface area contributed by atoms with Crippen LogP contribution in [0.3, 0.4) is 0 Å². The predicted octanol–water partition coefficient (Wildman–Crippen LogP) is 2.53. The molecule has 0 aliphatic heterocycles. The highest BCUT2D eigenvalue weighted by molar-refractivity contribution is 5.73. The van der Waals surface area contributed by atoms with Gasteiger partial charge in [-0.3, -0.25) is 0 Å². The largest absolute Gasteiger partial charge is 0.338 e. The number of urea groups is 1. The molecule has 1 fully saturated rings. The average molecular weight is 232 g/mol. The molecule has 92 valence electrons. The zero-order valence-electron chi connectivity index (χ0n) is 10.3. The first-order valence-electron chi connectivity index (χ1n) is 6.35. The highest BCUT2D eigenvalue weighted by atomic mass is 16.2. The molecule has 3 heteroatoms. The normalized spacial score (nSPS) is 21.9. The van der Waals surface area contributed by atoms with E-state index in [1.54, 1.807) is 0 Å². The molecular formula is C14H20N2O. The Bertz CT molecular complexity index is 364. The second kappa shape index (κ2) is 5.71. The van der Waals surface area contributed by atoms with Crippen LogP contribution in [0.5, 0.6) is 0 Å². The third-order valence-electron chi connectivity index (χ3n) is 3.41. The number of hydrogen-bond donors (Lipinski definition) is 2. The molecule has 2 amide bonds. The molecule has 17 heavy (non-hydrogen) atoms. The van der Waals surface area contributed by atoms with Crippen LogP contribution in [0, 0.1) is 11.8 Å². The van der Waals surface area contributed by atoms with Gasteiger partial charge in [-0.15, -0.1) is 0 Å². The maximum Gasteiger partial charge on any atom is 0.315 e. The molecule has 0 radical (unpaired) electrons. The number of nitrogens with one attached hydrogen (secondary N) is 2. The molecule has 1 aromatic carbocycles. The Morgan fingerprint density at radius 1 is 1.24 bits per heavy atom. The van der Waals surface area contributed by atoms with Gasteiger partial charge in [0.25, 0.3) is 0 Å². The fourth-order valence-electron chi connectivity index (χ4n) is 2.12. The molecule has 1 aliphatic rings. The maximum atomic E-state index is 11.5. The van der Waals surface area contributed by atoms with Crippen LogP contribution in [0.15, 0.2) is 30.3 Å². The van der Waals surface area contributed by atoms with Crippen molar-refractivity contribution in [3.05, 3.63) is 35.9 Å². The van der Waals surface area contributed by atoms with E-state index < -0.39 is 0 Å². The zero-order chi connectivity index (χ0) is 12.1. The SMILES string of the molecule is CC[C@@H]1C[C@H]1CNC(=O)NCc1ccccc1. The van der Waals surface area contributed by atoms with Crippen molar-refractivity contribution in [1.82, 2.24) is 10.6 Å². The Hall–Kier alpha value is -1.51. The summed E-state index contributed by atoms with van der Waals surface area (Å²) in [6, 6.07) is 9.88. The quantitative estimate of drug-likeness (QED) is 0.804. The molecule has 0 heterocycles. The molecule has 1 aliphatic carbocycles. The molecule has 0 saturated heterocycles. The van der Waals surface area contributed by atoms with Crippen molar-refractivity contribution >= 4 is 6.03 Å². The minimum Gasteiger partial charge on any atom is -0.338 e. The van der Waals surface area contributed by atoms with Crippen molar-refractivity contribution in [2.75, 3.05) is 6.54 Å². The topological polar surface area (TPSA) is 41.1 Å². The summed E-state index contributed by atoms with van der Waals surface area (Å²) < 4.78 is 0. The summed E-state index contributed by atoms with van der Waals surface area (Å²) >= 11 is 0. The second-order valence-electron chi connectivity index (χ2n) is 4.71. The van der Waals surface area contributed by atoms with Gasteiger partial charge in [-0.25, -0.2) is 4.79 Å². The number of hydrogen-bond acceptors (Lipinski definition) is 1. The molecule has 0 bridgehead atoms. The van der Waals surface area contributed by atoms with Crippen LogP contribution < -0.4 is 10.6 Å². The van der Waals surface area contributed by atoms with Gasteiger partial charge >= 0.3 is 6.03 Å². The van der Waals surface area contributed by atoms with Gasteiger partial charge in [-0.1, -0.05) is 43.7 Å². The summed E-state index contributed by atoms with van der Waals surface area (Å²) in [5.41, 5.74) is 1.13. The minimum absolute atomic E-state index is 0.0596. The summed E-state index contributed by atoms with van der Waals surface area (Å²) in [6.07, 6.45) is 2.51. The number of amides is 2. The monoisotopic (exact) mass is 232 g/mol. The first kappa shape index (κ1) is 12.0. The van der Waals surface area contributed by atoms with Crippen molar-refractivity contribution < 1.29 is 4.79 Å². The van der Waals surface area contributed by atoms with Crippen LogP contribution in [-0.4, -0.2) is 12.6 Å². The average Bonchev–Trinajstić information content (AvgIpc) is 3.14. The highest BCUT2D eigenvalue weighted by Crippen LogP contribution is 2.40. The Labute approximate surface area is 103 Å². The summed E-state index contributed by atoms with van der Waals surface area (Å²) in [5, 5.41) is 5.79. The molecule has 2 N–H and O–H groups in total. The van der Waals surface area contributed by atoms with Gasteiger partial charge in [-0.2, -0.15) is 0 Å². The fraction of sp³-hybridized carbons (Fsp3) is 0.500. The van der Waals surface area contributed by atoms with Gasteiger partial charge in [-0.05, 0) is 23.8 Å². The predicted molar refractivity (Wildman–Crippen MR) is 68.6 cm³/mol. The Kier molecular flexibility index (Phi) is 4.02. The van der Waals surface area contributed by atoms with E-state index in [2.05, 4.69) is 17.6 Å². The number of carbonyl (C=O) groups is 1. The van der Waals surface area contributed by atoms with Crippen molar-refractivity contribution in [1.29, 1.82) is 0 Å².